The maximum Gasteiger partial charge on any atom is 0.291 e. The van der Waals surface area contributed by atoms with E-state index in [4.69, 9.17) is 5.11 Å². The van der Waals surface area contributed by atoms with Crippen molar-refractivity contribution in [1.82, 2.24) is 4.98 Å². The second kappa shape index (κ2) is 2.10. The standard InChI is InChI=1S/C7H5NO2S/c9-5-3-4-1-2-11-7(4)8-6(5)10/h1-3,9H,(H,8,10). The van der Waals surface area contributed by atoms with Gasteiger partial charge in [-0.15, -0.1) is 11.3 Å². The van der Waals surface area contributed by atoms with Crippen molar-refractivity contribution >= 4 is 21.6 Å². The first-order chi connectivity index (χ1) is 5.27. The maximum absolute atomic E-state index is 10.8. The van der Waals surface area contributed by atoms with Crippen LogP contribution in [0.15, 0.2) is 22.3 Å². The van der Waals surface area contributed by atoms with Crippen LogP contribution >= 0.6 is 11.3 Å². The lowest BCUT2D eigenvalue weighted by Gasteiger charge is -1.89. The van der Waals surface area contributed by atoms with Crippen molar-refractivity contribution in [2.45, 2.75) is 0 Å². The number of fused-ring (bicyclic) bond motifs is 1. The molecule has 2 N–H and O–H groups in total. The smallest absolute Gasteiger partial charge is 0.291 e. The molecule has 2 rings (SSSR count). The molecule has 0 spiro atoms. The van der Waals surface area contributed by atoms with Gasteiger partial charge in [-0.1, -0.05) is 0 Å². The van der Waals surface area contributed by atoms with Crippen LogP contribution in [0.3, 0.4) is 0 Å². The number of pyridine rings is 1. The highest BCUT2D eigenvalue weighted by atomic mass is 32.1. The zero-order chi connectivity index (χ0) is 7.84. The predicted octanol–water partition coefficient (Wildman–Crippen LogP) is 1.30. The first-order valence-electron chi connectivity index (χ1n) is 3.07. The van der Waals surface area contributed by atoms with Crippen LogP contribution in [0.25, 0.3) is 10.2 Å². The second-order valence-corrected chi connectivity index (χ2v) is 3.10. The fraction of sp³-hybridized carbons (Fsp3) is 0. The highest BCUT2D eigenvalue weighted by molar-refractivity contribution is 7.16. The molecule has 2 aromatic heterocycles. The van der Waals surface area contributed by atoms with Gasteiger partial charge in [0.1, 0.15) is 4.83 Å². The topological polar surface area (TPSA) is 53.1 Å². The van der Waals surface area contributed by atoms with E-state index < -0.39 is 5.56 Å². The molecular formula is C7H5NO2S. The van der Waals surface area contributed by atoms with Crippen LogP contribution < -0.4 is 5.56 Å². The molecule has 0 bridgehead atoms. The summed E-state index contributed by atoms with van der Waals surface area (Å²) in [5.41, 5.74) is -0.431. The van der Waals surface area contributed by atoms with Crippen LogP contribution in [0.4, 0.5) is 0 Å². The number of aromatic nitrogens is 1. The van der Waals surface area contributed by atoms with Crippen LogP contribution in [0, 0.1) is 0 Å². The molecule has 0 aliphatic rings. The summed E-state index contributed by atoms with van der Waals surface area (Å²) in [6, 6.07) is 3.31. The lowest BCUT2D eigenvalue weighted by molar-refractivity contribution is 0.468. The Kier molecular flexibility index (Phi) is 1.22. The van der Waals surface area contributed by atoms with Gasteiger partial charge in [-0.2, -0.15) is 0 Å². The second-order valence-electron chi connectivity index (χ2n) is 2.19. The Morgan fingerprint density at radius 1 is 1.55 bits per heavy atom. The Morgan fingerprint density at radius 2 is 2.36 bits per heavy atom. The van der Waals surface area contributed by atoms with Crippen molar-refractivity contribution < 1.29 is 5.11 Å². The Bertz CT molecular complexity index is 443. The van der Waals surface area contributed by atoms with Crippen molar-refractivity contribution in [3.05, 3.63) is 27.9 Å². The van der Waals surface area contributed by atoms with Crippen molar-refractivity contribution in [2.24, 2.45) is 0 Å². The summed E-state index contributed by atoms with van der Waals surface area (Å²) < 4.78 is 0. The molecule has 0 saturated carbocycles. The summed E-state index contributed by atoms with van der Waals surface area (Å²) >= 11 is 1.44. The highest BCUT2D eigenvalue weighted by Gasteiger charge is 1.99. The normalized spacial score (nSPS) is 10.5. The summed E-state index contributed by atoms with van der Waals surface area (Å²) in [5.74, 6) is -0.226. The molecule has 56 valence electrons. The van der Waals surface area contributed by atoms with Crippen molar-refractivity contribution in [3.8, 4) is 5.75 Å². The fourth-order valence-corrected chi connectivity index (χ4v) is 1.68. The molecule has 4 heteroatoms. The molecule has 2 aromatic rings. The number of thiophene rings is 1. The van der Waals surface area contributed by atoms with Gasteiger partial charge < -0.3 is 10.1 Å². The van der Waals surface area contributed by atoms with E-state index in [1.54, 1.807) is 0 Å². The molecule has 0 saturated heterocycles. The molecule has 0 aromatic carbocycles. The van der Waals surface area contributed by atoms with Gasteiger partial charge in [-0.3, -0.25) is 4.79 Å². The third kappa shape index (κ3) is 0.914. The monoisotopic (exact) mass is 167 g/mol. The lowest BCUT2D eigenvalue weighted by atomic mass is 10.3. The van der Waals surface area contributed by atoms with Gasteiger partial charge in [0.25, 0.3) is 5.56 Å². The molecule has 3 nitrogen and oxygen atoms in total. The highest BCUT2D eigenvalue weighted by Crippen LogP contribution is 2.18. The summed E-state index contributed by atoms with van der Waals surface area (Å²) in [6.07, 6.45) is 0. The van der Waals surface area contributed by atoms with E-state index in [-0.39, 0.29) is 5.75 Å². The van der Waals surface area contributed by atoms with E-state index in [2.05, 4.69) is 4.98 Å². The summed E-state index contributed by atoms with van der Waals surface area (Å²) in [6.45, 7) is 0. The first kappa shape index (κ1) is 6.42. The van der Waals surface area contributed by atoms with E-state index in [1.165, 1.54) is 17.4 Å². The van der Waals surface area contributed by atoms with E-state index >= 15 is 0 Å². The van der Waals surface area contributed by atoms with Crippen molar-refractivity contribution in [3.63, 3.8) is 0 Å². The molecule has 0 unspecified atom stereocenters. The zero-order valence-corrected chi connectivity index (χ0v) is 6.31. The van der Waals surface area contributed by atoms with Crippen LogP contribution in [-0.4, -0.2) is 10.1 Å². The predicted molar refractivity (Wildman–Crippen MR) is 44.1 cm³/mol. The SMILES string of the molecule is O=c1[nH]c2sccc2cc1O. The number of hydrogen-bond acceptors (Lipinski definition) is 3. The minimum absolute atomic E-state index is 0.226. The third-order valence-corrected chi connectivity index (χ3v) is 2.29. The average Bonchev–Trinajstić information content (AvgIpc) is 2.36. The summed E-state index contributed by atoms with van der Waals surface area (Å²) in [5, 5.41) is 11.7. The van der Waals surface area contributed by atoms with Crippen LogP contribution in [0.2, 0.25) is 0 Å². The molecular weight excluding hydrogens is 162 g/mol. The number of hydrogen-bond donors (Lipinski definition) is 2. The first-order valence-corrected chi connectivity index (χ1v) is 3.95. The van der Waals surface area contributed by atoms with E-state index in [0.29, 0.717) is 0 Å². The number of aromatic hydroxyl groups is 1. The molecule has 0 atom stereocenters. The van der Waals surface area contributed by atoms with E-state index in [0.717, 1.165) is 10.2 Å². The Balaban J connectivity index is 2.97. The Hall–Kier alpha value is -1.29. The van der Waals surface area contributed by atoms with Crippen LogP contribution in [0.1, 0.15) is 0 Å². The molecule has 0 aliphatic carbocycles. The maximum atomic E-state index is 10.8. The Morgan fingerprint density at radius 3 is 3.18 bits per heavy atom. The molecule has 0 amide bonds. The van der Waals surface area contributed by atoms with Gasteiger partial charge in [-0.05, 0) is 17.5 Å². The average molecular weight is 167 g/mol. The number of rotatable bonds is 0. The lowest BCUT2D eigenvalue weighted by Crippen LogP contribution is -2.02. The summed E-state index contributed by atoms with van der Waals surface area (Å²) in [7, 11) is 0. The van der Waals surface area contributed by atoms with E-state index in [1.807, 2.05) is 11.4 Å². The van der Waals surface area contributed by atoms with Gasteiger partial charge in [0, 0.05) is 5.39 Å². The summed E-state index contributed by atoms with van der Waals surface area (Å²) in [4.78, 5) is 14.2. The van der Waals surface area contributed by atoms with Gasteiger partial charge in [0.2, 0.25) is 0 Å². The minimum atomic E-state index is -0.431. The van der Waals surface area contributed by atoms with Gasteiger partial charge in [-0.25, -0.2) is 0 Å². The number of nitrogens with one attached hydrogen (secondary N) is 1. The largest absolute Gasteiger partial charge is 0.503 e. The van der Waals surface area contributed by atoms with Gasteiger partial charge in [0.05, 0.1) is 0 Å². The molecule has 0 radical (unpaired) electrons. The van der Waals surface area contributed by atoms with Gasteiger partial charge >= 0.3 is 0 Å². The van der Waals surface area contributed by atoms with Crippen LogP contribution in [-0.2, 0) is 0 Å². The molecule has 0 fully saturated rings. The molecule has 11 heavy (non-hydrogen) atoms. The third-order valence-electron chi connectivity index (χ3n) is 1.45. The van der Waals surface area contributed by atoms with Crippen molar-refractivity contribution in [1.29, 1.82) is 0 Å². The Labute approximate surface area is 65.9 Å². The van der Waals surface area contributed by atoms with Crippen molar-refractivity contribution in [2.75, 3.05) is 0 Å². The quantitative estimate of drug-likeness (QED) is 0.621. The number of H-pyrrole nitrogens is 1. The molecule has 2 heterocycles. The zero-order valence-electron chi connectivity index (χ0n) is 5.50. The fourth-order valence-electron chi connectivity index (χ4n) is 0.914. The number of aromatic amines is 1. The van der Waals surface area contributed by atoms with Gasteiger partial charge in [0.15, 0.2) is 5.75 Å². The van der Waals surface area contributed by atoms with E-state index in [9.17, 15) is 4.79 Å². The van der Waals surface area contributed by atoms with Crippen LogP contribution in [0.5, 0.6) is 5.75 Å². The molecule has 0 aliphatic heterocycles. The minimum Gasteiger partial charge on any atom is -0.503 e.